The summed E-state index contributed by atoms with van der Waals surface area (Å²) in [6.45, 7) is 0.385. The molecular weight excluding hydrogens is 369 g/mol. The zero-order valence-electron chi connectivity index (χ0n) is 14.5. The number of carbonyl (C=O) groups excluding carboxylic acids is 1. The van der Waals surface area contributed by atoms with Gasteiger partial charge in [-0.25, -0.2) is 4.68 Å². The Balaban J connectivity index is 1.92. The molecule has 2 N–H and O–H groups in total. The number of nitrogen functional groups attached to an aromatic ring is 1. The van der Waals surface area contributed by atoms with Gasteiger partial charge in [0.25, 0.3) is 5.82 Å². The summed E-state index contributed by atoms with van der Waals surface area (Å²) < 4.78 is 38.2. The third-order valence-corrected chi connectivity index (χ3v) is 4.47. The lowest BCUT2D eigenvalue weighted by atomic mass is 10.2. The number of aromatic nitrogens is 3. The van der Waals surface area contributed by atoms with Gasteiger partial charge in [0.15, 0.2) is 0 Å². The molecule has 0 spiro atoms. The summed E-state index contributed by atoms with van der Waals surface area (Å²) in [7, 11) is 5.49. The molecule has 0 aliphatic carbocycles. The molecule has 0 aliphatic heterocycles. The molecule has 0 atom stereocenters. The van der Waals surface area contributed by atoms with Crippen LogP contribution in [-0.4, -0.2) is 52.6 Å². The Kier molecular flexibility index (Phi) is 6.01. The molecule has 0 aliphatic rings. The number of rotatable bonds is 6. The van der Waals surface area contributed by atoms with Crippen LogP contribution in [0.15, 0.2) is 29.4 Å². The van der Waals surface area contributed by atoms with E-state index in [4.69, 9.17) is 5.84 Å². The number of benzene rings is 1. The largest absolute Gasteiger partial charge is 0.453 e. The summed E-state index contributed by atoms with van der Waals surface area (Å²) in [4.78, 5) is 15.6. The van der Waals surface area contributed by atoms with E-state index in [9.17, 15) is 18.0 Å². The van der Waals surface area contributed by atoms with Crippen molar-refractivity contribution in [2.45, 2.75) is 17.9 Å². The van der Waals surface area contributed by atoms with Gasteiger partial charge in [-0.3, -0.25) is 4.79 Å². The minimum atomic E-state index is -4.69. The zero-order valence-corrected chi connectivity index (χ0v) is 15.3. The predicted molar refractivity (Wildman–Crippen MR) is 93.1 cm³/mol. The quantitative estimate of drug-likeness (QED) is 0.601. The average molecular weight is 388 g/mol. The van der Waals surface area contributed by atoms with E-state index >= 15 is 0 Å². The number of hydrogen-bond acceptors (Lipinski definition) is 6. The molecular formula is C15H19F3N6OS. The van der Waals surface area contributed by atoms with Gasteiger partial charge in [-0.15, -0.1) is 10.2 Å². The number of amides is 1. The van der Waals surface area contributed by atoms with Gasteiger partial charge in [-0.1, -0.05) is 23.9 Å². The van der Waals surface area contributed by atoms with Gasteiger partial charge in [-0.2, -0.15) is 13.2 Å². The van der Waals surface area contributed by atoms with Crippen LogP contribution < -0.4 is 10.7 Å². The van der Waals surface area contributed by atoms with Crippen LogP contribution in [0.25, 0.3) is 0 Å². The highest BCUT2D eigenvalue weighted by Crippen LogP contribution is 2.28. The molecule has 1 amide bonds. The van der Waals surface area contributed by atoms with Gasteiger partial charge in [0, 0.05) is 33.4 Å². The first-order valence-corrected chi connectivity index (χ1v) is 8.49. The first-order valence-electron chi connectivity index (χ1n) is 7.50. The lowest BCUT2D eigenvalue weighted by Crippen LogP contribution is -2.28. The Labute approximate surface area is 152 Å². The molecule has 0 bridgehead atoms. The van der Waals surface area contributed by atoms with Crippen LogP contribution in [0.4, 0.5) is 18.9 Å². The first kappa shape index (κ1) is 19.9. The highest BCUT2D eigenvalue weighted by Gasteiger charge is 2.38. The van der Waals surface area contributed by atoms with Gasteiger partial charge >= 0.3 is 6.18 Å². The van der Waals surface area contributed by atoms with Crippen LogP contribution in [0.3, 0.4) is 0 Å². The third kappa shape index (κ3) is 4.81. The Morgan fingerprint density at radius 3 is 2.31 bits per heavy atom. The van der Waals surface area contributed by atoms with Crippen LogP contribution in [0.2, 0.25) is 0 Å². The first-order chi connectivity index (χ1) is 12.1. The fraction of sp³-hybridized carbons (Fsp3) is 0.400. The van der Waals surface area contributed by atoms with E-state index < -0.39 is 12.0 Å². The number of thioether (sulfide) groups is 1. The molecule has 1 aromatic carbocycles. The van der Waals surface area contributed by atoms with E-state index in [1.165, 1.54) is 4.90 Å². The summed E-state index contributed by atoms with van der Waals surface area (Å²) in [5.41, 5.74) is 1.99. The summed E-state index contributed by atoms with van der Waals surface area (Å²) in [6, 6.07) is 7.71. The Morgan fingerprint density at radius 2 is 1.81 bits per heavy atom. The molecule has 0 unspecified atom stereocenters. The number of nitrogens with two attached hydrogens (primary N) is 1. The summed E-state index contributed by atoms with van der Waals surface area (Å²) in [5.74, 6) is 3.67. The summed E-state index contributed by atoms with van der Waals surface area (Å²) in [5, 5.41) is 6.22. The predicted octanol–water partition coefficient (Wildman–Crippen LogP) is 1.83. The van der Waals surface area contributed by atoms with Crippen molar-refractivity contribution in [2.24, 2.45) is 0 Å². The van der Waals surface area contributed by atoms with Crippen LogP contribution in [0, 0.1) is 0 Å². The van der Waals surface area contributed by atoms with Crippen molar-refractivity contribution < 1.29 is 18.0 Å². The van der Waals surface area contributed by atoms with Crippen molar-refractivity contribution in [1.29, 1.82) is 0 Å². The topological polar surface area (TPSA) is 80.3 Å². The monoisotopic (exact) mass is 388 g/mol. The number of halogens is 3. The molecule has 0 fully saturated rings. The molecule has 2 rings (SSSR count). The second-order valence-corrected chi connectivity index (χ2v) is 6.72. The standard InChI is InChI=1S/C15H19F3N6OS/c1-22(2)11-6-4-10(5-7-11)8-23(3)12(25)9-26-14-21-20-13(24(14)19)15(16,17)18/h4-7H,8-9,19H2,1-3H3. The fourth-order valence-electron chi connectivity index (χ4n) is 2.07. The maximum atomic E-state index is 12.6. The number of alkyl halides is 3. The fourth-order valence-corrected chi connectivity index (χ4v) is 2.86. The van der Waals surface area contributed by atoms with E-state index in [1.807, 2.05) is 43.3 Å². The van der Waals surface area contributed by atoms with E-state index in [-0.39, 0.29) is 16.8 Å². The van der Waals surface area contributed by atoms with Crippen molar-refractivity contribution in [1.82, 2.24) is 19.8 Å². The summed E-state index contributed by atoms with van der Waals surface area (Å²) in [6.07, 6.45) is -4.69. The second-order valence-electron chi connectivity index (χ2n) is 5.77. The van der Waals surface area contributed by atoms with Crippen LogP contribution in [-0.2, 0) is 17.5 Å². The lowest BCUT2D eigenvalue weighted by Gasteiger charge is -2.18. The molecule has 1 heterocycles. The van der Waals surface area contributed by atoms with E-state index in [0.717, 1.165) is 23.0 Å². The normalized spacial score (nSPS) is 11.5. The van der Waals surface area contributed by atoms with Gasteiger partial charge in [0.1, 0.15) is 0 Å². The van der Waals surface area contributed by atoms with Crippen molar-refractivity contribution in [2.75, 3.05) is 37.6 Å². The average Bonchev–Trinajstić information content (AvgIpc) is 2.94. The molecule has 2 aromatic rings. The second kappa shape index (κ2) is 7.85. The molecule has 0 saturated carbocycles. The van der Waals surface area contributed by atoms with Crippen LogP contribution in [0.5, 0.6) is 0 Å². The molecule has 1 aromatic heterocycles. The highest BCUT2D eigenvalue weighted by atomic mass is 32.2. The zero-order chi connectivity index (χ0) is 19.5. The summed E-state index contributed by atoms with van der Waals surface area (Å²) >= 11 is 0.804. The SMILES string of the molecule is CN(Cc1ccc(N(C)C)cc1)C(=O)CSc1nnc(C(F)(F)F)n1N. The molecule has 0 radical (unpaired) electrons. The molecule has 26 heavy (non-hydrogen) atoms. The Bertz CT molecular complexity index is 760. The van der Waals surface area contributed by atoms with Gasteiger partial charge in [-0.05, 0) is 17.7 Å². The van der Waals surface area contributed by atoms with Gasteiger partial charge in [0.2, 0.25) is 11.1 Å². The minimum absolute atomic E-state index is 0.0977. The van der Waals surface area contributed by atoms with E-state index in [2.05, 4.69) is 10.2 Å². The molecule has 11 heteroatoms. The van der Waals surface area contributed by atoms with E-state index in [0.29, 0.717) is 11.2 Å². The minimum Gasteiger partial charge on any atom is -0.378 e. The van der Waals surface area contributed by atoms with Crippen molar-refractivity contribution in [3.63, 3.8) is 0 Å². The van der Waals surface area contributed by atoms with Gasteiger partial charge < -0.3 is 15.6 Å². The Morgan fingerprint density at radius 1 is 1.19 bits per heavy atom. The van der Waals surface area contributed by atoms with Crippen molar-refractivity contribution >= 4 is 23.4 Å². The van der Waals surface area contributed by atoms with Crippen molar-refractivity contribution in [3.05, 3.63) is 35.7 Å². The van der Waals surface area contributed by atoms with Crippen LogP contribution in [0.1, 0.15) is 11.4 Å². The van der Waals surface area contributed by atoms with Gasteiger partial charge in [0.05, 0.1) is 5.75 Å². The van der Waals surface area contributed by atoms with Crippen LogP contribution >= 0.6 is 11.8 Å². The third-order valence-electron chi connectivity index (χ3n) is 3.54. The number of carbonyl (C=O) groups is 1. The number of anilines is 1. The molecule has 7 nitrogen and oxygen atoms in total. The molecule has 142 valence electrons. The lowest BCUT2D eigenvalue weighted by molar-refractivity contribution is -0.146. The number of nitrogens with zero attached hydrogens (tertiary/aromatic N) is 5. The smallest absolute Gasteiger partial charge is 0.378 e. The molecule has 0 saturated heterocycles. The van der Waals surface area contributed by atoms with Crippen molar-refractivity contribution in [3.8, 4) is 0 Å². The Hall–Kier alpha value is -2.43. The van der Waals surface area contributed by atoms with E-state index in [1.54, 1.807) is 7.05 Å². The maximum Gasteiger partial charge on any atom is 0.453 e. The maximum absolute atomic E-state index is 12.6. The highest BCUT2D eigenvalue weighted by molar-refractivity contribution is 7.99. The number of hydrogen-bond donors (Lipinski definition) is 1.